The van der Waals surface area contributed by atoms with Crippen LogP contribution >= 0.6 is 0 Å². The Hall–Kier alpha value is -0.135. The Morgan fingerprint density at radius 2 is 2.20 bits per heavy atom. The van der Waals surface area contributed by atoms with Gasteiger partial charge in [0.25, 0.3) is 0 Å². The van der Waals surface area contributed by atoms with E-state index in [1.807, 2.05) is 0 Å². The molecule has 60 valence electrons. The molecule has 0 aliphatic rings. The number of hydrazine groups is 1. The molecule has 0 spiro atoms. The second-order valence-electron chi connectivity index (χ2n) is 1.97. The van der Waals surface area contributed by atoms with Crippen LogP contribution < -0.4 is 5.84 Å². The lowest BCUT2D eigenvalue weighted by molar-refractivity contribution is 0.153. The zero-order valence-corrected chi connectivity index (χ0v) is 6.03. The van der Waals surface area contributed by atoms with Crippen LogP contribution in [-0.2, 0) is 4.74 Å². The fourth-order valence-electron chi connectivity index (χ4n) is 0.510. The van der Waals surface area contributed by atoms with Crippen molar-refractivity contribution in [1.29, 1.82) is 0 Å². The molecule has 0 bridgehead atoms. The Balaban J connectivity index is 3.16. The highest BCUT2D eigenvalue weighted by molar-refractivity contribution is 6.41. The van der Waals surface area contributed by atoms with E-state index >= 15 is 0 Å². The monoisotopic (exact) mass is 148 g/mol. The molecule has 0 aromatic heterocycles. The summed E-state index contributed by atoms with van der Waals surface area (Å²) in [6, 6.07) is 0. The highest BCUT2D eigenvalue weighted by Gasteiger charge is 2.09. The number of methoxy groups -OCH3 is 1. The van der Waals surface area contributed by atoms with Crippen molar-refractivity contribution in [3.8, 4) is 0 Å². The maximum atomic E-state index is 8.42. The number of nitrogens with zero attached hydrogens (tertiary/aromatic N) is 1. The van der Waals surface area contributed by atoms with Gasteiger partial charge >= 0.3 is 7.12 Å². The van der Waals surface area contributed by atoms with E-state index in [1.165, 1.54) is 5.01 Å². The van der Waals surface area contributed by atoms with Crippen molar-refractivity contribution < 1.29 is 14.8 Å². The summed E-state index contributed by atoms with van der Waals surface area (Å²) in [5.74, 6) is 5.29. The van der Waals surface area contributed by atoms with Gasteiger partial charge in [-0.25, -0.2) is 5.01 Å². The summed E-state index contributed by atoms with van der Waals surface area (Å²) in [5.41, 5.74) is 0. The van der Waals surface area contributed by atoms with E-state index in [1.54, 1.807) is 7.11 Å². The molecule has 0 aliphatic heterocycles. The highest BCUT2D eigenvalue weighted by Crippen LogP contribution is 1.78. The molecule has 0 saturated carbocycles. The minimum absolute atomic E-state index is 0.0450. The van der Waals surface area contributed by atoms with Crippen LogP contribution in [0.15, 0.2) is 0 Å². The molecule has 0 amide bonds. The van der Waals surface area contributed by atoms with Gasteiger partial charge in [0, 0.05) is 20.1 Å². The molecule has 0 aliphatic carbocycles. The molecule has 0 unspecified atom stereocenters. The van der Waals surface area contributed by atoms with E-state index in [4.69, 9.17) is 20.6 Å². The summed E-state index contributed by atoms with van der Waals surface area (Å²) in [7, 11) is 0.185. The maximum absolute atomic E-state index is 8.42. The van der Waals surface area contributed by atoms with Crippen molar-refractivity contribution >= 4 is 7.12 Å². The van der Waals surface area contributed by atoms with E-state index in [0.717, 1.165) is 0 Å². The largest absolute Gasteiger partial charge is 0.468 e. The van der Waals surface area contributed by atoms with Gasteiger partial charge in [0.1, 0.15) is 0 Å². The minimum atomic E-state index is -1.37. The van der Waals surface area contributed by atoms with Crippen LogP contribution in [0, 0.1) is 0 Å². The van der Waals surface area contributed by atoms with Gasteiger partial charge in [-0.05, 0) is 0 Å². The Bertz CT molecular complexity index is 82.9. The van der Waals surface area contributed by atoms with Crippen LogP contribution in [0.2, 0.25) is 0 Å². The maximum Gasteiger partial charge on any atom is 0.468 e. The average molecular weight is 148 g/mol. The van der Waals surface area contributed by atoms with Gasteiger partial charge in [-0.15, -0.1) is 0 Å². The van der Waals surface area contributed by atoms with Gasteiger partial charge < -0.3 is 14.8 Å². The Morgan fingerprint density at radius 3 is 2.60 bits per heavy atom. The SMILES string of the molecule is COCCN(N)CB(O)O. The van der Waals surface area contributed by atoms with Crippen molar-refractivity contribution in [2.45, 2.75) is 0 Å². The lowest BCUT2D eigenvalue weighted by atomic mass is 9.92. The molecular weight excluding hydrogens is 135 g/mol. The molecule has 10 heavy (non-hydrogen) atoms. The van der Waals surface area contributed by atoms with E-state index in [9.17, 15) is 0 Å². The third-order valence-corrected chi connectivity index (χ3v) is 0.980. The van der Waals surface area contributed by atoms with Gasteiger partial charge in [-0.2, -0.15) is 0 Å². The molecule has 0 rings (SSSR count). The third-order valence-electron chi connectivity index (χ3n) is 0.980. The van der Waals surface area contributed by atoms with Crippen LogP contribution in [0.1, 0.15) is 0 Å². The van der Waals surface area contributed by atoms with Crippen molar-refractivity contribution in [2.75, 3.05) is 26.7 Å². The van der Waals surface area contributed by atoms with Crippen LogP contribution in [0.4, 0.5) is 0 Å². The molecule has 0 saturated heterocycles. The second-order valence-corrected chi connectivity index (χ2v) is 1.97. The molecule has 0 fully saturated rings. The fraction of sp³-hybridized carbons (Fsp3) is 1.00. The van der Waals surface area contributed by atoms with Gasteiger partial charge in [-0.3, -0.25) is 5.84 Å². The van der Waals surface area contributed by atoms with Gasteiger partial charge in [0.15, 0.2) is 0 Å². The first-order valence-corrected chi connectivity index (χ1v) is 3.01. The first kappa shape index (κ1) is 9.86. The zero-order valence-electron chi connectivity index (χ0n) is 6.03. The summed E-state index contributed by atoms with van der Waals surface area (Å²) >= 11 is 0. The van der Waals surface area contributed by atoms with E-state index < -0.39 is 7.12 Å². The van der Waals surface area contributed by atoms with Gasteiger partial charge in [0.2, 0.25) is 0 Å². The molecule has 0 heterocycles. The summed E-state index contributed by atoms with van der Waals surface area (Å²) in [4.78, 5) is 0. The lowest BCUT2D eigenvalue weighted by Gasteiger charge is -2.13. The van der Waals surface area contributed by atoms with Crippen LogP contribution in [0.3, 0.4) is 0 Å². The first-order valence-electron chi connectivity index (χ1n) is 3.01. The van der Waals surface area contributed by atoms with E-state index in [-0.39, 0.29) is 6.44 Å². The molecule has 4 N–H and O–H groups in total. The van der Waals surface area contributed by atoms with Gasteiger partial charge in [-0.1, -0.05) is 0 Å². The van der Waals surface area contributed by atoms with Crippen molar-refractivity contribution in [3.63, 3.8) is 0 Å². The summed E-state index contributed by atoms with van der Waals surface area (Å²) in [6.45, 7) is 0.983. The highest BCUT2D eigenvalue weighted by atomic mass is 16.5. The Kier molecular flexibility index (Phi) is 5.56. The molecule has 6 heteroatoms. The Morgan fingerprint density at radius 1 is 1.60 bits per heavy atom. The van der Waals surface area contributed by atoms with Gasteiger partial charge in [0.05, 0.1) is 6.61 Å². The molecule has 0 atom stereocenters. The quantitative estimate of drug-likeness (QED) is 0.234. The molecular formula is C4H13BN2O3. The molecule has 0 aromatic carbocycles. The van der Waals surface area contributed by atoms with Crippen molar-refractivity contribution in [2.24, 2.45) is 5.84 Å². The van der Waals surface area contributed by atoms with E-state index in [2.05, 4.69) is 0 Å². The van der Waals surface area contributed by atoms with Crippen molar-refractivity contribution in [1.82, 2.24) is 5.01 Å². The molecule has 0 radical (unpaired) electrons. The summed E-state index contributed by atoms with van der Waals surface area (Å²) < 4.78 is 4.71. The number of nitrogens with two attached hydrogens (primary N) is 1. The summed E-state index contributed by atoms with van der Waals surface area (Å²) in [6.07, 6.45) is 0.0450. The predicted molar refractivity (Wildman–Crippen MR) is 37.8 cm³/mol. The molecule has 0 aromatic rings. The smallest absolute Gasteiger partial charge is 0.426 e. The average Bonchev–Trinajstić information content (AvgIpc) is 1.82. The number of hydrogen-bond donors (Lipinski definition) is 3. The lowest BCUT2D eigenvalue weighted by Crippen LogP contribution is -2.42. The van der Waals surface area contributed by atoms with Crippen LogP contribution in [0.25, 0.3) is 0 Å². The predicted octanol–water partition coefficient (Wildman–Crippen LogP) is -2.18. The Labute approximate surface area is 60.5 Å². The first-order chi connectivity index (χ1) is 4.66. The minimum Gasteiger partial charge on any atom is -0.426 e. The second kappa shape index (κ2) is 5.63. The topological polar surface area (TPSA) is 79.0 Å². The fourth-order valence-corrected chi connectivity index (χ4v) is 0.510. The normalized spacial score (nSPS) is 10.5. The molecule has 5 nitrogen and oxygen atoms in total. The number of rotatable bonds is 5. The third kappa shape index (κ3) is 5.99. The van der Waals surface area contributed by atoms with E-state index in [0.29, 0.717) is 13.2 Å². The number of ether oxygens (including phenoxy) is 1. The van der Waals surface area contributed by atoms with Crippen molar-refractivity contribution in [3.05, 3.63) is 0 Å². The van der Waals surface area contributed by atoms with Crippen LogP contribution in [-0.4, -0.2) is 48.9 Å². The standard InChI is InChI=1S/C4H13BN2O3/c1-10-3-2-7(6)4-5(8)9/h8-9H,2-4,6H2,1H3. The zero-order chi connectivity index (χ0) is 7.98. The number of hydrogen-bond acceptors (Lipinski definition) is 5. The van der Waals surface area contributed by atoms with Crippen LogP contribution in [0.5, 0.6) is 0 Å². The summed E-state index contributed by atoms with van der Waals surface area (Å²) in [5, 5.41) is 18.1.